The van der Waals surface area contributed by atoms with E-state index in [9.17, 15) is 4.79 Å². The Morgan fingerprint density at radius 2 is 2.00 bits per heavy atom. The second kappa shape index (κ2) is 2.95. The van der Waals surface area contributed by atoms with E-state index in [4.69, 9.17) is 0 Å². The molecule has 80 valence electrons. The van der Waals surface area contributed by atoms with Crippen LogP contribution < -0.4 is 0 Å². The van der Waals surface area contributed by atoms with Gasteiger partial charge in [-0.3, -0.25) is 4.79 Å². The predicted molar refractivity (Wildman–Crippen MR) is 69.7 cm³/mol. The Labute approximate surface area is 99.1 Å². The lowest BCUT2D eigenvalue weighted by Gasteiger charge is -2.07. The fourth-order valence-electron chi connectivity index (χ4n) is 2.88. The number of carbonyl (C=O) groups is 1. The van der Waals surface area contributed by atoms with Crippen molar-refractivity contribution in [3.63, 3.8) is 0 Å². The largest absolute Gasteiger partial charge is 0.294 e. The molecule has 0 unspecified atom stereocenters. The van der Waals surface area contributed by atoms with Crippen LogP contribution in [0.1, 0.15) is 16.7 Å². The molecule has 0 N–H and O–H groups in total. The molecule has 0 spiro atoms. The molecule has 0 saturated carbocycles. The summed E-state index contributed by atoms with van der Waals surface area (Å²) in [7, 11) is 0. The van der Waals surface area contributed by atoms with Gasteiger partial charge in [-0.1, -0.05) is 48.6 Å². The van der Waals surface area contributed by atoms with Crippen molar-refractivity contribution in [2.24, 2.45) is 0 Å². The van der Waals surface area contributed by atoms with Gasteiger partial charge < -0.3 is 0 Å². The van der Waals surface area contributed by atoms with Gasteiger partial charge in [-0.25, -0.2) is 0 Å². The first-order valence-electron chi connectivity index (χ1n) is 5.81. The van der Waals surface area contributed by atoms with Crippen molar-refractivity contribution in [1.29, 1.82) is 0 Å². The molecule has 17 heavy (non-hydrogen) atoms. The van der Waals surface area contributed by atoms with E-state index in [1.54, 1.807) is 0 Å². The molecule has 0 aromatic heterocycles. The fourth-order valence-corrected chi connectivity index (χ4v) is 2.88. The van der Waals surface area contributed by atoms with Gasteiger partial charge in [0.25, 0.3) is 0 Å². The summed E-state index contributed by atoms with van der Waals surface area (Å²) in [6, 6.07) is 10.5. The lowest BCUT2D eigenvalue weighted by atomic mass is 9.96. The minimum absolute atomic E-state index is 0.244. The number of allylic oxidation sites excluding steroid dienone is 3. The number of carbonyl (C=O) groups excluding carboxylic acids is 1. The summed E-state index contributed by atoms with van der Waals surface area (Å²) >= 11 is 0. The molecule has 0 aliphatic heterocycles. The Balaban J connectivity index is 2.29. The van der Waals surface area contributed by atoms with E-state index in [0.29, 0.717) is 6.42 Å². The number of benzene rings is 2. The molecule has 0 saturated heterocycles. The summed E-state index contributed by atoms with van der Waals surface area (Å²) in [6.45, 7) is 0. The zero-order valence-corrected chi connectivity index (χ0v) is 9.23. The molecule has 0 fully saturated rings. The molecule has 4 rings (SSSR count). The predicted octanol–water partition coefficient (Wildman–Crippen LogP) is 3.38. The molecule has 2 aliphatic carbocycles. The highest BCUT2D eigenvalue weighted by atomic mass is 16.1. The van der Waals surface area contributed by atoms with Crippen LogP contribution in [0.3, 0.4) is 0 Å². The van der Waals surface area contributed by atoms with Crippen molar-refractivity contribution in [1.82, 2.24) is 0 Å². The van der Waals surface area contributed by atoms with Crippen molar-refractivity contribution in [2.75, 3.05) is 0 Å². The van der Waals surface area contributed by atoms with Crippen LogP contribution in [-0.4, -0.2) is 5.78 Å². The van der Waals surface area contributed by atoms with Crippen molar-refractivity contribution in [3.05, 3.63) is 59.2 Å². The van der Waals surface area contributed by atoms with Crippen LogP contribution in [0.5, 0.6) is 0 Å². The monoisotopic (exact) mass is 218 g/mol. The van der Waals surface area contributed by atoms with Gasteiger partial charge in [0.05, 0.1) is 0 Å². The lowest BCUT2D eigenvalue weighted by Crippen LogP contribution is -1.92. The number of hydrogen-bond acceptors (Lipinski definition) is 1. The third-order valence-corrected chi connectivity index (χ3v) is 3.62. The summed E-state index contributed by atoms with van der Waals surface area (Å²) in [5.41, 5.74) is 4.42. The maximum absolute atomic E-state index is 12.0. The number of hydrogen-bond donors (Lipinski definition) is 0. The van der Waals surface area contributed by atoms with E-state index in [0.717, 1.165) is 11.1 Å². The van der Waals surface area contributed by atoms with Crippen molar-refractivity contribution >= 4 is 28.2 Å². The highest BCUT2D eigenvalue weighted by molar-refractivity contribution is 6.30. The maximum Gasteiger partial charge on any atom is 0.167 e. The normalized spacial score (nSPS) is 16.2. The van der Waals surface area contributed by atoms with Gasteiger partial charge in [0.2, 0.25) is 0 Å². The Morgan fingerprint density at radius 3 is 2.94 bits per heavy atom. The molecule has 2 aromatic rings. The van der Waals surface area contributed by atoms with Gasteiger partial charge in [-0.2, -0.15) is 0 Å². The molecule has 0 amide bonds. The molecule has 0 atom stereocenters. The van der Waals surface area contributed by atoms with Crippen molar-refractivity contribution < 1.29 is 4.79 Å². The Bertz CT molecular complexity index is 733. The standard InChI is InChI=1S/C16H10O/c17-14-9-12-8-7-11-4-1-3-10-5-2-6-13(14)16(12)15(10)11/h1-8H,9H2. The maximum atomic E-state index is 12.0. The summed E-state index contributed by atoms with van der Waals surface area (Å²) in [6.07, 6.45) is 6.57. The van der Waals surface area contributed by atoms with Gasteiger partial charge in [0.1, 0.15) is 0 Å². The third kappa shape index (κ3) is 1.06. The average molecular weight is 218 g/mol. The van der Waals surface area contributed by atoms with Gasteiger partial charge in [-0.05, 0) is 27.5 Å². The summed E-state index contributed by atoms with van der Waals surface area (Å²) < 4.78 is 0. The molecular weight excluding hydrogens is 208 g/mol. The molecule has 2 aromatic carbocycles. The molecule has 1 heteroatoms. The topological polar surface area (TPSA) is 17.1 Å². The first-order valence-corrected chi connectivity index (χ1v) is 5.81. The summed E-state index contributed by atoms with van der Waals surface area (Å²) in [5, 5.41) is 2.45. The van der Waals surface area contributed by atoms with Crippen LogP contribution in [0, 0.1) is 0 Å². The van der Waals surface area contributed by atoms with Gasteiger partial charge in [0.15, 0.2) is 5.78 Å². The SMILES string of the molecule is O=C1Cc2ccc3cccc4c3c2C1=CC=C4. The summed E-state index contributed by atoms with van der Waals surface area (Å²) in [5.74, 6) is 0.244. The Morgan fingerprint density at radius 1 is 1.06 bits per heavy atom. The number of Topliss-reactive ketones (excluding diaryl/α,β-unsaturated/α-hetero) is 1. The molecule has 0 radical (unpaired) electrons. The smallest absolute Gasteiger partial charge is 0.167 e. The second-order valence-electron chi connectivity index (χ2n) is 4.58. The summed E-state index contributed by atoms with van der Waals surface area (Å²) in [4.78, 5) is 12.0. The minimum atomic E-state index is 0.244. The Hall–Kier alpha value is -2.15. The highest BCUT2D eigenvalue weighted by Gasteiger charge is 2.27. The minimum Gasteiger partial charge on any atom is -0.294 e. The quantitative estimate of drug-likeness (QED) is 0.662. The van der Waals surface area contributed by atoms with Crippen molar-refractivity contribution in [2.45, 2.75) is 6.42 Å². The van der Waals surface area contributed by atoms with Crippen LogP contribution >= 0.6 is 0 Å². The molecule has 0 heterocycles. The second-order valence-corrected chi connectivity index (χ2v) is 4.58. The van der Waals surface area contributed by atoms with Gasteiger partial charge >= 0.3 is 0 Å². The van der Waals surface area contributed by atoms with Crippen LogP contribution in [-0.2, 0) is 11.2 Å². The third-order valence-electron chi connectivity index (χ3n) is 3.62. The van der Waals surface area contributed by atoms with E-state index < -0.39 is 0 Å². The van der Waals surface area contributed by atoms with Crippen LogP contribution in [0.15, 0.2) is 42.5 Å². The van der Waals surface area contributed by atoms with E-state index in [2.05, 4.69) is 36.4 Å². The molecule has 2 aliphatic rings. The average Bonchev–Trinajstić information content (AvgIpc) is 2.55. The molecular formula is C16H10O. The highest BCUT2D eigenvalue weighted by Crippen LogP contribution is 2.39. The van der Waals surface area contributed by atoms with Crippen LogP contribution in [0.25, 0.3) is 22.4 Å². The molecule has 0 bridgehead atoms. The lowest BCUT2D eigenvalue weighted by molar-refractivity contribution is -0.112. The zero-order chi connectivity index (χ0) is 11.4. The Kier molecular flexibility index (Phi) is 1.55. The van der Waals surface area contributed by atoms with E-state index in [1.807, 2.05) is 12.2 Å². The van der Waals surface area contributed by atoms with Gasteiger partial charge in [0, 0.05) is 12.0 Å². The number of ketones is 1. The first-order chi connectivity index (χ1) is 8.34. The molecule has 1 nitrogen and oxygen atoms in total. The van der Waals surface area contributed by atoms with Crippen molar-refractivity contribution in [3.8, 4) is 0 Å². The van der Waals surface area contributed by atoms with E-state index in [-0.39, 0.29) is 5.78 Å². The van der Waals surface area contributed by atoms with Gasteiger partial charge in [-0.15, -0.1) is 0 Å². The van der Waals surface area contributed by atoms with E-state index in [1.165, 1.54) is 21.9 Å². The number of rotatable bonds is 0. The van der Waals surface area contributed by atoms with Crippen LogP contribution in [0.2, 0.25) is 0 Å². The fraction of sp³-hybridized carbons (Fsp3) is 0.0625. The van der Waals surface area contributed by atoms with Crippen LogP contribution in [0.4, 0.5) is 0 Å². The van der Waals surface area contributed by atoms with E-state index >= 15 is 0 Å². The first kappa shape index (κ1) is 8.94. The zero-order valence-electron chi connectivity index (χ0n) is 9.23.